The Morgan fingerprint density at radius 3 is 2.63 bits per heavy atom. The number of hydrogen-bond acceptors (Lipinski definition) is 3. The maximum atomic E-state index is 11.1. The minimum Gasteiger partial charge on any atom is -0.377 e. The van der Waals surface area contributed by atoms with Gasteiger partial charge in [0.05, 0.1) is 4.92 Å². The van der Waals surface area contributed by atoms with Gasteiger partial charge in [0, 0.05) is 15.7 Å². The summed E-state index contributed by atoms with van der Waals surface area (Å²) in [5.74, 6) is 0.838. The molecule has 1 aliphatic carbocycles. The molecular formula is C14H19IN2O2. The van der Waals surface area contributed by atoms with E-state index in [0.717, 1.165) is 22.3 Å². The van der Waals surface area contributed by atoms with Gasteiger partial charge in [0.1, 0.15) is 5.69 Å². The van der Waals surface area contributed by atoms with E-state index in [4.69, 9.17) is 0 Å². The summed E-state index contributed by atoms with van der Waals surface area (Å²) in [5, 5.41) is 14.4. The van der Waals surface area contributed by atoms with Crippen molar-refractivity contribution in [1.82, 2.24) is 0 Å². The van der Waals surface area contributed by atoms with Crippen molar-refractivity contribution in [1.29, 1.82) is 0 Å². The van der Waals surface area contributed by atoms with Crippen LogP contribution in [0.1, 0.15) is 39.0 Å². The van der Waals surface area contributed by atoms with Gasteiger partial charge < -0.3 is 5.32 Å². The molecule has 1 saturated carbocycles. The average Bonchev–Trinajstić information content (AvgIpc) is 2.41. The summed E-state index contributed by atoms with van der Waals surface area (Å²) in [6, 6.07) is 5.74. The van der Waals surface area contributed by atoms with Crippen molar-refractivity contribution in [2.45, 2.75) is 45.1 Å². The lowest BCUT2D eigenvalue weighted by Gasteiger charge is -2.29. The zero-order valence-electron chi connectivity index (χ0n) is 11.1. The number of rotatable bonds is 4. The molecule has 0 aliphatic heterocycles. The largest absolute Gasteiger partial charge is 0.377 e. The molecule has 2 rings (SSSR count). The monoisotopic (exact) mass is 374 g/mol. The molecular weight excluding hydrogens is 355 g/mol. The van der Waals surface area contributed by atoms with Crippen LogP contribution in [0.25, 0.3) is 0 Å². The quantitative estimate of drug-likeness (QED) is 0.477. The van der Waals surface area contributed by atoms with Gasteiger partial charge in [-0.2, -0.15) is 0 Å². The first kappa shape index (κ1) is 14.6. The molecule has 1 aromatic rings. The van der Waals surface area contributed by atoms with Crippen LogP contribution >= 0.6 is 22.6 Å². The van der Waals surface area contributed by atoms with Gasteiger partial charge in [-0.15, -0.1) is 0 Å². The molecule has 5 heteroatoms. The minimum absolute atomic E-state index is 0.185. The Balaban J connectivity index is 2.05. The standard InChI is InChI=1S/C14H19IN2O2/c1-2-10-3-6-12(7-4-10)16-13-8-5-11(15)9-14(13)17(18)19/h5,8-10,12,16H,2-4,6-7H2,1H3. The van der Waals surface area contributed by atoms with Crippen molar-refractivity contribution in [3.05, 3.63) is 31.9 Å². The number of anilines is 1. The topological polar surface area (TPSA) is 55.2 Å². The lowest BCUT2D eigenvalue weighted by Crippen LogP contribution is -2.26. The SMILES string of the molecule is CCC1CCC(Nc2ccc(I)cc2[N+](=O)[O-])CC1. The molecule has 0 unspecified atom stereocenters. The lowest BCUT2D eigenvalue weighted by atomic mass is 9.84. The maximum Gasteiger partial charge on any atom is 0.293 e. The highest BCUT2D eigenvalue weighted by Gasteiger charge is 2.22. The van der Waals surface area contributed by atoms with Gasteiger partial charge in [-0.25, -0.2) is 0 Å². The molecule has 1 N–H and O–H groups in total. The van der Waals surface area contributed by atoms with Crippen LogP contribution in [0, 0.1) is 19.6 Å². The fourth-order valence-electron chi connectivity index (χ4n) is 2.71. The van der Waals surface area contributed by atoms with Crippen molar-refractivity contribution < 1.29 is 4.92 Å². The predicted molar refractivity (Wildman–Crippen MR) is 85.5 cm³/mol. The van der Waals surface area contributed by atoms with Crippen LogP contribution in [0.15, 0.2) is 18.2 Å². The Kier molecular flexibility index (Phi) is 5.01. The van der Waals surface area contributed by atoms with E-state index >= 15 is 0 Å². The van der Waals surface area contributed by atoms with Crippen LogP contribution in [-0.4, -0.2) is 11.0 Å². The number of nitro benzene ring substituents is 1. The third kappa shape index (κ3) is 3.81. The Morgan fingerprint density at radius 1 is 1.37 bits per heavy atom. The Morgan fingerprint density at radius 2 is 2.05 bits per heavy atom. The number of nitro groups is 1. The van der Waals surface area contributed by atoms with Crippen molar-refractivity contribution in [2.75, 3.05) is 5.32 Å². The lowest BCUT2D eigenvalue weighted by molar-refractivity contribution is -0.384. The summed E-state index contributed by atoms with van der Waals surface area (Å²) in [6.07, 6.45) is 5.93. The van der Waals surface area contributed by atoms with Crippen molar-refractivity contribution >= 4 is 34.0 Å². The molecule has 104 valence electrons. The molecule has 0 aromatic heterocycles. The van der Waals surface area contributed by atoms with Crippen molar-refractivity contribution in [2.24, 2.45) is 5.92 Å². The fourth-order valence-corrected chi connectivity index (χ4v) is 3.19. The third-order valence-corrected chi connectivity index (χ3v) is 4.61. The molecule has 0 heterocycles. The molecule has 0 amide bonds. The first-order valence-electron chi connectivity index (χ1n) is 6.80. The number of nitrogens with zero attached hydrogens (tertiary/aromatic N) is 1. The van der Waals surface area contributed by atoms with E-state index < -0.39 is 0 Å². The summed E-state index contributed by atoms with van der Waals surface area (Å²) in [6.45, 7) is 2.24. The maximum absolute atomic E-state index is 11.1. The summed E-state index contributed by atoms with van der Waals surface area (Å²) < 4.78 is 0.893. The molecule has 0 saturated heterocycles. The van der Waals surface area contributed by atoms with E-state index in [1.165, 1.54) is 19.3 Å². The highest BCUT2D eigenvalue weighted by Crippen LogP contribution is 2.32. The van der Waals surface area contributed by atoms with Gasteiger partial charge in [0.25, 0.3) is 5.69 Å². The second-order valence-electron chi connectivity index (χ2n) is 5.19. The molecule has 1 fully saturated rings. The van der Waals surface area contributed by atoms with Crippen LogP contribution in [0.2, 0.25) is 0 Å². The molecule has 0 atom stereocenters. The van der Waals surface area contributed by atoms with Gasteiger partial charge in [0.15, 0.2) is 0 Å². The highest BCUT2D eigenvalue weighted by molar-refractivity contribution is 14.1. The smallest absolute Gasteiger partial charge is 0.293 e. The van der Waals surface area contributed by atoms with E-state index in [-0.39, 0.29) is 10.6 Å². The summed E-state index contributed by atoms with van der Waals surface area (Å²) >= 11 is 2.10. The summed E-state index contributed by atoms with van der Waals surface area (Å²) in [5.41, 5.74) is 0.842. The van der Waals surface area contributed by atoms with E-state index in [2.05, 4.69) is 34.8 Å². The van der Waals surface area contributed by atoms with Gasteiger partial charge in [0.2, 0.25) is 0 Å². The zero-order valence-corrected chi connectivity index (χ0v) is 13.2. The molecule has 4 nitrogen and oxygen atoms in total. The normalized spacial score (nSPS) is 23.1. The molecule has 0 spiro atoms. The van der Waals surface area contributed by atoms with E-state index in [1.807, 2.05) is 12.1 Å². The van der Waals surface area contributed by atoms with E-state index in [1.54, 1.807) is 6.07 Å². The number of nitrogens with one attached hydrogen (secondary N) is 1. The van der Waals surface area contributed by atoms with Crippen molar-refractivity contribution in [3.8, 4) is 0 Å². The highest BCUT2D eigenvalue weighted by atomic mass is 127. The third-order valence-electron chi connectivity index (χ3n) is 3.94. The first-order valence-corrected chi connectivity index (χ1v) is 7.88. The predicted octanol–water partition coefficient (Wildman–Crippen LogP) is 4.58. The van der Waals surface area contributed by atoms with Gasteiger partial charge in [-0.05, 0) is 66.3 Å². The van der Waals surface area contributed by atoms with Gasteiger partial charge >= 0.3 is 0 Å². The summed E-state index contributed by atoms with van der Waals surface area (Å²) in [4.78, 5) is 10.8. The fraction of sp³-hybridized carbons (Fsp3) is 0.571. The van der Waals surface area contributed by atoms with Gasteiger partial charge in [-0.1, -0.05) is 13.3 Å². The van der Waals surface area contributed by atoms with Crippen LogP contribution < -0.4 is 5.32 Å². The Bertz CT molecular complexity index is 457. The van der Waals surface area contributed by atoms with Gasteiger partial charge in [-0.3, -0.25) is 10.1 Å². The second kappa shape index (κ2) is 6.54. The number of benzene rings is 1. The molecule has 0 radical (unpaired) electrons. The minimum atomic E-state index is -0.303. The molecule has 0 bridgehead atoms. The van der Waals surface area contributed by atoms with Crippen LogP contribution in [-0.2, 0) is 0 Å². The first-order chi connectivity index (χ1) is 9.10. The Labute approximate surface area is 127 Å². The van der Waals surface area contributed by atoms with Crippen LogP contribution in [0.3, 0.4) is 0 Å². The zero-order chi connectivity index (χ0) is 13.8. The van der Waals surface area contributed by atoms with Crippen LogP contribution in [0.4, 0.5) is 11.4 Å². The Hall–Kier alpha value is -0.850. The molecule has 19 heavy (non-hydrogen) atoms. The second-order valence-corrected chi connectivity index (χ2v) is 6.43. The summed E-state index contributed by atoms with van der Waals surface area (Å²) in [7, 11) is 0. The van der Waals surface area contributed by atoms with Crippen LogP contribution in [0.5, 0.6) is 0 Å². The number of halogens is 1. The number of hydrogen-bond donors (Lipinski definition) is 1. The molecule has 1 aromatic carbocycles. The van der Waals surface area contributed by atoms with E-state index in [9.17, 15) is 10.1 Å². The molecule has 1 aliphatic rings. The van der Waals surface area contributed by atoms with Crippen molar-refractivity contribution in [3.63, 3.8) is 0 Å². The van der Waals surface area contributed by atoms with E-state index in [0.29, 0.717) is 11.7 Å². The average molecular weight is 374 g/mol.